The first-order valence-corrected chi connectivity index (χ1v) is 8.71. The summed E-state index contributed by atoms with van der Waals surface area (Å²) in [5.74, 6) is -1.23. The molecule has 0 spiro atoms. The van der Waals surface area contributed by atoms with E-state index in [1.54, 1.807) is 25.1 Å². The normalized spacial score (nSPS) is 14.4. The summed E-state index contributed by atoms with van der Waals surface area (Å²) in [7, 11) is 2.82. The van der Waals surface area contributed by atoms with E-state index in [0.717, 1.165) is 0 Å². The monoisotopic (exact) mass is 399 g/mol. The van der Waals surface area contributed by atoms with E-state index in [-0.39, 0.29) is 40.8 Å². The molecule has 0 N–H and O–H groups in total. The number of halogens is 1. The minimum atomic E-state index is -0.720. The average molecular weight is 399 g/mol. The summed E-state index contributed by atoms with van der Waals surface area (Å²) in [5, 5.41) is 0. The van der Waals surface area contributed by atoms with Crippen LogP contribution < -0.4 is 14.2 Å². The third kappa shape index (κ3) is 4.26. The van der Waals surface area contributed by atoms with Gasteiger partial charge in [0, 0.05) is 6.42 Å². The second-order valence-corrected chi connectivity index (χ2v) is 5.90. The molecule has 0 amide bonds. The van der Waals surface area contributed by atoms with Crippen molar-refractivity contribution in [2.45, 2.75) is 13.3 Å². The molecule has 7 nitrogen and oxygen atoms in total. The zero-order chi connectivity index (χ0) is 21.0. The van der Waals surface area contributed by atoms with Crippen molar-refractivity contribution in [1.29, 1.82) is 0 Å². The Morgan fingerprint density at radius 1 is 1.17 bits per heavy atom. The molecule has 1 aliphatic rings. The molecule has 0 saturated carbocycles. The summed E-state index contributed by atoms with van der Waals surface area (Å²) < 4.78 is 34.9. The maximum Gasteiger partial charge on any atom is 0.363 e. The summed E-state index contributed by atoms with van der Waals surface area (Å²) in [6.07, 6.45) is 1.62. The molecular formula is C21H18FNO6. The van der Waals surface area contributed by atoms with Crippen molar-refractivity contribution in [3.63, 3.8) is 0 Å². The SMILES string of the molecule is CCC(=O)Oc1c(OC)cc(/C=C2/N=C(c3ccccc3F)OC2=O)cc1OC. The molecule has 0 fully saturated rings. The number of ether oxygens (including phenoxy) is 4. The van der Waals surface area contributed by atoms with Crippen LogP contribution in [0.1, 0.15) is 24.5 Å². The molecule has 2 aromatic rings. The number of carbonyl (C=O) groups is 2. The molecule has 0 bridgehead atoms. The maximum absolute atomic E-state index is 13.9. The maximum atomic E-state index is 13.9. The molecule has 1 aliphatic heterocycles. The molecule has 150 valence electrons. The van der Waals surface area contributed by atoms with Crippen LogP contribution in [0.4, 0.5) is 4.39 Å². The number of benzene rings is 2. The van der Waals surface area contributed by atoms with Gasteiger partial charge in [0.15, 0.2) is 17.2 Å². The minimum absolute atomic E-state index is 0.0225. The third-order valence-electron chi connectivity index (χ3n) is 4.02. The van der Waals surface area contributed by atoms with Gasteiger partial charge in [-0.15, -0.1) is 0 Å². The van der Waals surface area contributed by atoms with Gasteiger partial charge in [-0.2, -0.15) is 0 Å². The van der Waals surface area contributed by atoms with Crippen LogP contribution in [0.3, 0.4) is 0 Å². The molecule has 8 heteroatoms. The average Bonchev–Trinajstić information content (AvgIpc) is 3.08. The molecular weight excluding hydrogens is 381 g/mol. The number of methoxy groups -OCH3 is 2. The van der Waals surface area contributed by atoms with Crippen molar-refractivity contribution in [3.8, 4) is 17.2 Å². The summed E-state index contributed by atoms with van der Waals surface area (Å²) >= 11 is 0. The van der Waals surface area contributed by atoms with Gasteiger partial charge in [0.1, 0.15) is 5.82 Å². The number of hydrogen-bond donors (Lipinski definition) is 0. The summed E-state index contributed by atoms with van der Waals surface area (Å²) in [4.78, 5) is 27.9. The van der Waals surface area contributed by atoms with Gasteiger partial charge in [-0.1, -0.05) is 19.1 Å². The van der Waals surface area contributed by atoms with E-state index in [9.17, 15) is 14.0 Å². The lowest BCUT2D eigenvalue weighted by Gasteiger charge is -2.13. The highest BCUT2D eigenvalue weighted by molar-refractivity contribution is 6.13. The Labute approximate surface area is 166 Å². The van der Waals surface area contributed by atoms with Crippen molar-refractivity contribution in [2.24, 2.45) is 4.99 Å². The predicted molar refractivity (Wildman–Crippen MR) is 102 cm³/mol. The van der Waals surface area contributed by atoms with E-state index in [4.69, 9.17) is 18.9 Å². The summed E-state index contributed by atoms with van der Waals surface area (Å²) in [6.45, 7) is 1.66. The van der Waals surface area contributed by atoms with Gasteiger partial charge in [-0.05, 0) is 35.9 Å². The second-order valence-electron chi connectivity index (χ2n) is 5.90. The fourth-order valence-corrected chi connectivity index (χ4v) is 2.59. The first-order chi connectivity index (χ1) is 14.0. The molecule has 0 atom stereocenters. The lowest BCUT2D eigenvalue weighted by atomic mass is 10.1. The Balaban J connectivity index is 2.00. The zero-order valence-electron chi connectivity index (χ0n) is 16.0. The number of cyclic esters (lactones) is 1. The zero-order valence-corrected chi connectivity index (χ0v) is 16.0. The molecule has 2 aromatic carbocycles. The fraction of sp³-hybridized carbons (Fsp3) is 0.190. The molecule has 0 radical (unpaired) electrons. The van der Waals surface area contributed by atoms with Gasteiger partial charge in [0.25, 0.3) is 0 Å². The van der Waals surface area contributed by atoms with Crippen LogP contribution in [0.15, 0.2) is 47.1 Å². The number of aliphatic imine (C=N–C) groups is 1. The molecule has 0 unspecified atom stereocenters. The lowest BCUT2D eigenvalue weighted by molar-refractivity contribution is -0.134. The Hall–Kier alpha value is -3.68. The van der Waals surface area contributed by atoms with Crippen molar-refractivity contribution in [1.82, 2.24) is 0 Å². The van der Waals surface area contributed by atoms with E-state index in [1.165, 1.54) is 38.5 Å². The third-order valence-corrected chi connectivity index (χ3v) is 4.02. The van der Waals surface area contributed by atoms with Crippen molar-refractivity contribution in [3.05, 3.63) is 59.0 Å². The number of esters is 2. The van der Waals surface area contributed by atoms with E-state index in [1.807, 2.05) is 0 Å². The van der Waals surface area contributed by atoms with Crippen LogP contribution in [0, 0.1) is 5.82 Å². The smallest absolute Gasteiger partial charge is 0.363 e. The van der Waals surface area contributed by atoms with Crippen molar-refractivity contribution in [2.75, 3.05) is 14.2 Å². The van der Waals surface area contributed by atoms with Crippen molar-refractivity contribution < 1.29 is 32.9 Å². The molecule has 0 aromatic heterocycles. The number of rotatable bonds is 6. The standard InChI is InChI=1S/C21H18FNO6/c1-4-18(24)28-19-16(26-2)10-12(11-17(19)27-3)9-15-21(25)29-20(23-15)13-7-5-6-8-14(13)22/h5-11H,4H2,1-3H3/b15-9+. The highest BCUT2D eigenvalue weighted by Crippen LogP contribution is 2.39. The van der Waals surface area contributed by atoms with Gasteiger partial charge in [-0.25, -0.2) is 14.2 Å². The second kappa shape index (κ2) is 8.55. The number of hydrogen-bond acceptors (Lipinski definition) is 7. The number of carbonyl (C=O) groups excluding carboxylic acids is 2. The molecule has 0 aliphatic carbocycles. The Bertz CT molecular complexity index is 1000. The van der Waals surface area contributed by atoms with Crippen LogP contribution in [-0.2, 0) is 14.3 Å². The highest BCUT2D eigenvalue weighted by atomic mass is 19.1. The van der Waals surface area contributed by atoms with E-state index < -0.39 is 17.8 Å². The summed E-state index contributed by atoms with van der Waals surface area (Å²) in [5.41, 5.74) is 0.549. The van der Waals surface area contributed by atoms with E-state index in [2.05, 4.69) is 4.99 Å². The van der Waals surface area contributed by atoms with Gasteiger partial charge >= 0.3 is 11.9 Å². The van der Waals surface area contributed by atoms with Crippen LogP contribution in [-0.4, -0.2) is 32.1 Å². The van der Waals surface area contributed by atoms with Crippen molar-refractivity contribution >= 4 is 23.9 Å². The van der Waals surface area contributed by atoms with Gasteiger partial charge < -0.3 is 18.9 Å². The first-order valence-electron chi connectivity index (χ1n) is 8.71. The summed E-state index contributed by atoms with van der Waals surface area (Å²) in [6, 6.07) is 8.96. The van der Waals surface area contributed by atoms with E-state index >= 15 is 0 Å². The number of nitrogens with zero attached hydrogens (tertiary/aromatic N) is 1. The highest BCUT2D eigenvalue weighted by Gasteiger charge is 2.26. The molecule has 1 heterocycles. The van der Waals surface area contributed by atoms with Crippen LogP contribution in [0.5, 0.6) is 17.2 Å². The van der Waals surface area contributed by atoms with Gasteiger partial charge in [0.05, 0.1) is 19.8 Å². The Kier molecular flexibility index (Phi) is 5.92. The van der Waals surface area contributed by atoms with Gasteiger partial charge in [-0.3, -0.25) is 4.79 Å². The minimum Gasteiger partial charge on any atom is -0.493 e. The quantitative estimate of drug-likeness (QED) is 0.420. The predicted octanol–water partition coefficient (Wildman–Crippen LogP) is 3.50. The lowest BCUT2D eigenvalue weighted by Crippen LogP contribution is -2.08. The first kappa shape index (κ1) is 20.1. The van der Waals surface area contributed by atoms with Gasteiger partial charge in [0.2, 0.25) is 11.6 Å². The Morgan fingerprint density at radius 2 is 1.83 bits per heavy atom. The largest absolute Gasteiger partial charge is 0.493 e. The Morgan fingerprint density at radius 3 is 2.41 bits per heavy atom. The molecule has 0 saturated heterocycles. The topological polar surface area (TPSA) is 83.4 Å². The fourth-order valence-electron chi connectivity index (χ4n) is 2.59. The van der Waals surface area contributed by atoms with E-state index in [0.29, 0.717) is 5.56 Å². The van der Waals surface area contributed by atoms with Crippen LogP contribution in [0.25, 0.3) is 6.08 Å². The van der Waals surface area contributed by atoms with Crippen LogP contribution in [0.2, 0.25) is 0 Å². The van der Waals surface area contributed by atoms with Crippen LogP contribution >= 0.6 is 0 Å². The molecule has 29 heavy (non-hydrogen) atoms. The molecule has 3 rings (SSSR count).